The summed E-state index contributed by atoms with van der Waals surface area (Å²) in [6.07, 6.45) is -5.38. The van der Waals surface area contributed by atoms with Gasteiger partial charge in [0.05, 0.1) is 6.61 Å². The van der Waals surface area contributed by atoms with Crippen LogP contribution >= 0.6 is 15.6 Å². The van der Waals surface area contributed by atoms with Crippen molar-refractivity contribution in [2.24, 2.45) is 0 Å². The summed E-state index contributed by atoms with van der Waals surface area (Å²) < 4.78 is 33.6. The molecule has 0 aromatic rings. The first-order valence-electron chi connectivity index (χ1n) is 5.00. The molecule has 7 N–H and O–H groups in total. The number of phosphoric ester groups is 2. The van der Waals surface area contributed by atoms with Gasteiger partial charge in [0, 0.05) is 37.7 Å². The number of ether oxygens (including phenoxy) is 1. The Balaban J connectivity index is 0.00000400. The molecule has 122 valence electrons. The third-order valence-electron chi connectivity index (χ3n) is 2.37. The van der Waals surface area contributed by atoms with Crippen molar-refractivity contribution in [1.82, 2.24) is 0 Å². The Kier molecular flexibility index (Phi) is 8.43. The molecule has 0 saturated carbocycles. The van der Waals surface area contributed by atoms with Crippen LogP contribution in [-0.2, 0) is 22.9 Å². The van der Waals surface area contributed by atoms with Crippen LogP contribution in [0.5, 0.6) is 0 Å². The number of hydrogen-bond donors (Lipinski definition) is 7. The fourth-order valence-corrected chi connectivity index (χ4v) is 2.17. The maximum Gasteiger partial charge on any atom is 0.469 e. The van der Waals surface area contributed by atoms with Crippen molar-refractivity contribution in [3.8, 4) is 0 Å². The summed E-state index contributed by atoms with van der Waals surface area (Å²) in [6, 6.07) is 0. The number of aliphatic hydroxyl groups is 3. The number of hydrogen-bond acceptors (Lipinski definition) is 8. The smallest absolute Gasteiger partial charge is 0.387 e. The van der Waals surface area contributed by atoms with Crippen LogP contribution in [0.2, 0.25) is 0 Å². The Morgan fingerprint density at radius 2 is 1.52 bits per heavy atom. The Hall–Kier alpha value is 1.32. The molecular formula is C6H14CaO12P2. The predicted molar refractivity (Wildman–Crippen MR) is 63.6 cm³/mol. The molecule has 0 aromatic carbocycles. The van der Waals surface area contributed by atoms with Gasteiger partial charge in [0.25, 0.3) is 0 Å². The van der Waals surface area contributed by atoms with Gasteiger partial charge in [0.2, 0.25) is 5.79 Å². The minimum atomic E-state index is -4.96. The monoisotopic (exact) mass is 380 g/mol. The van der Waals surface area contributed by atoms with Crippen LogP contribution in [0.3, 0.4) is 0 Å². The van der Waals surface area contributed by atoms with Gasteiger partial charge in [-0.3, -0.25) is 9.05 Å². The summed E-state index contributed by atoms with van der Waals surface area (Å²) in [5.41, 5.74) is 0. The first-order valence-corrected chi connectivity index (χ1v) is 8.07. The summed E-state index contributed by atoms with van der Waals surface area (Å²) in [7, 11) is -9.82. The molecule has 12 nitrogen and oxygen atoms in total. The molecule has 1 rings (SSSR count). The third kappa shape index (κ3) is 7.17. The number of aliphatic hydroxyl groups excluding tert-OH is 2. The van der Waals surface area contributed by atoms with Gasteiger partial charge in [-0.1, -0.05) is 0 Å². The van der Waals surface area contributed by atoms with Crippen molar-refractivity contribution in [2.75, 3.05) is 13.2 Å². The van der Waals surface area contributed by atoms with Crippen LogP contribution in [-0.4, -0.2) is 110 Å². The summed E-state index contributed by atoms with van der Waals surface area (Å²) >= 11 is 0. The van der Waals surface area contributed by atoms with E-state index in [0.29, 0.717) is 0 Å². The molecule has 1 heterocycles. The molecule has 0 aromatic heterocycles. The molecule has 4 atom stereocenters. The van der Waals surface area contributed by atoms with E-state index < -0.39 is 53.0 Å². The molecule has 21 heavy (non-hydrogen) atoms. The standard InChI is InChI=1S/C6H14O12P2.Ca/c7-4-3(1-16-19(10,11)12)18-6(9,5(4)8)2-17-20(13,14)15;/h3-5,7-9H,1-2H2,(H2,10,11,12)(H2,13,14,15);. The third-order valence-corrected chi connectivity index (χ3v) is 3.32. The maximum atomic E-state index is 10.5. The molecule has 1 fully saturated rings. The average molecular weight is 380 g/mol. The topological polar surface area (TPSA) is 203 Å². The molecule has 1 aliphatic heterocycles. The van der Waals surface area contributed by atoms with Gasteiger partial charge < -0.3 is 39.6 Å². The minimum absolute atomic E-state index is 0. The Labute approximate surface area is 148 Å². The van der Waals surface area contributed by atoms with Crippen LogP contribution in [0.4, 0.5) is 0 Å². The minimum Gasteiger partial charge on any atom is -0.387 e. The van der Waals surface area contributed by atoms with Crippen molar-refractivity contribution in [2.45, 2.75) is 24.1 Å². The second-order valence-electron chi connectivity index (χ2n) is 3.99. The first kappa shape index (κ1) is 22.3. The van der Waals surface area contributed by atoms with Crippen LogP contribution in [0, 0.1) is 0 Å². The van der Waals surface area contributed by atoms with E-state index in [2.05, 4.69) is 13.8 Å². The average Bonchev–Trinajstić information content (AvgIpc) is 2.48. The zero-order valence-corrected chi connectivity index (χ0v) is 14.4. The first-order chi connectivity index (χ1) is 8.84. The van der Waals surface area contributed by atoms with Crippen molar-refractivity contribution in [3.05, 3.63) is 0 Å². The quantitative estimate of drug-likeness (QED) is 0.178. The zero-order chi connectivity index (χ0) is 15.8. The zero-order valence-electron chi connectivity index (χ0n) is 10.4. The van der Waals surface area contributed by atoms with Gasteiger partial charge in [0.1, 0.15) is 24.9 Å². The molecule has 2 radical (unpaired) electrons. The van der Waals surface area contributed by atoms with Crippen LogP contribution in [0.15, 0.2) is 0 Å². The van der Waals surface area contributed by atoms with E-state index in [4.69, 9.17) is 19.6 Å². The fraction of sp³-hybridized carbons (Fsp3) is 1.00. The van der Waals surface area contributed by atoms with Gasteiger partial charge in [-0.2, -0.15) is 0 Å². The SMILES string of the molecule is O=P(O)(O)OCC1OC(O)(COP(=O)(O)O)C(O)C1O.[Ca]. The van der Waals surface area contributed by atoms with E-state index in [-0.39, 0.29) is 37.7 Å². The van der Waals surface area contributed by atoms with E-state index in [1.54, 1.807) is 0 Å². The second kappa shape index (κ2) is 7.93. The number of phosphoric acid groups is 2. The number of rotatable bonds is 6. The van der Waals surface area contributed by atoms with Crippen LogP contribution < -0.4 is 0 Å². The maximum absolute atomic E-state index is 10.5. The summed E-state index contributed by atoms with van der Waals surface area (Å²) in [4.78, 5) is 33.9. The normalized spacial score (nSPS) is 33.8. The predicted octanol–water partition coefficient (Wildman–Crippen LogP) is -3.37. The molecule has 0 aliphatic carbocycles. The fourth-order valence-electron chi connectivity index (χ4n) is 1.47. The van der Waals surface area contributed by atoms with Gasteiger partial charge in [-0.05, 0) is 0 Å². The van der Waals surface area contributed by atoms with Gasteiger partial charge in [-0.25, -0.2) is 9.13 Å². The Bertz CT molecular complexity index is 433. The molecule has 0 spiro atoms. The summed E-state index contributed by atoms with van der Waals surface area (Å²) in [6.45, 7) is -2.05. The van der Waals surface area contributed by atoms with Crippen LogP contribution in [0.1, 0.15) is 0 Å². The summed E-state index contributed by atoms with van der Waals surface area (Å²) in [5.74, 6) is -2.66. The van der Waals surface area contributed by atoms with E-state index in [0.717, 1.165) is 0 Å². The Morgan fingerprint density at radius 1 is 1.05 bits per heavy atom. The molecular weight excluding hydrogens is 366 g/mol. The molecule has 1 saturated heterocycles. The van der Waals surface area contributed by atoms with E-state index >= 15 is 0 Å². The second-order valence-corrected chi connectivity index (χ2v) is 6.47. The van der Waals surface area contributed by atoms with Crippen LogP contribution in [0.25, 0.3) is 0 Å². The van der Waals surface area contributed by atoms with Crippen molar-refractivity contribution in [3.63, 3.8) is 0 Å². The van der Waals surface area contributed by atoms with Gasteiger partial charge >= 0.3 is 15.6 Å². The largest absolute Gasteiger partial charge is 0.469 e. The van der Waals surface area contributed by atoms with Gasteiger partial charge in [0.15, 0.2) is 0 Å². The van der Waals surface area contributed by atoms with Crippen molar-refractivity contribution >= 4 is 53.4 Å². The van der Waals surface area contributed by atoms with E-state index in [9.17, 15) is 24.4 Å². The van der Waals surface area contributed by atoms with Crippen molar-refractivity contribution < 1.29 is 57.8 Å². The van der Waals surface area contributed by atoms with Gasteiger partial charge in [-0.15, -0.1) is 0 Å². The molecule has 0 bridgehead atoms. The van der Waals surface area contributed by atoms with E-state index in [1.165, 1.54) is 0 Å². The summed E-state index contributed by atoms with van der Waals surface area (Å²) in [5, 5.41) is 28.8. The molecule has 15 heteroatoms. The molecule has 4 unspecified atom stereocenters. The van der Waals surface area contributed by atoms with E-state index in [1.807, 2.05) is 0 Å². The Morgan fingerprint density at radius 3 is 1.95 bits per heavy atom. The van der Waals surface area contributed by atoms with Crippen molar-refractivity contribution in [1.29, 1.82) is 0 Å². The molecule has 0 amide bonds. The molecule has 1 aliphatic rings.